The molecule has 1 N–H and O–H groups in total. The minimum Gasteiger partial charge on any atom is -0.493 e. The van der Waals surface area contributed by atoms with Crippen molar-refractivity contribution in [3.05, 3.63) is 71.8 Å². The zero-order valence-electron chi connectivity index (χ0n) is 20.7. The third-order valence-corrected chi connectivity index (χ3v) is 6.77. The van der Waals surface area contributed by atoms with Crippen LogP contribution in [0.3, 0.4) is 0 Å². The quantitative estimate of drug-likeness (QED) is 0.276. The van der Waals surface area contributed by atoms with Crippen LogP contribution in [-0.4, -0.2) is 48.7 Å². The van der Waals surface area contributed by atoms with Crippen molar-refractivity contribution in [2.45, 2.75) is 12.8 Å². The van der Waals surface area contributed by atoms with Crippen molar-refractivity contribution >= 4 is 34.0 Å². The average Bonchev–Trinajstić information content (AvgIpc) is 2.91. The van der Waals surface area contributed by atoms with Crippen molar-refractivity contribution in [3.8, 4) is 23.0 Å². The molecule has 0 atom stereocenters. The lowest BCUT2D eigenvalue weighted by molar-refractivity contribution is 0.157. The molecule has 7 nitrogen and oxygen atoms in total. The highest BCUT2D eigenvalue weighted by atomic mass is 35.5. The summed E-state index contributed by atoms with van der Waals surface area (Å²) in [6.45, 7) is 2.85. The van der Waals surface area contributed by atoms with E-state index in [9.17, 15) is 4.39 Å². The Hall–Kier alpha value is -3.62. The number of methoxy groups -OCH3 is 1. The van der Waals surface area contributed by atoms with E-state index in [1.54, 1.807) is 19.2 Å². The molecule has 0 radical (unpaired) electrons. The molecule has 1 aromatic heterocycles. The topological polar surface area (TPSA) is 68.7 Å². The van der Waals surface area contributed by atoms with Crippen LogP contribution < -0.4 is 19.5 Å². The van der Waals surface area contributed by atoms with Gasteiger partial charge in [0.2, 0.25) is 0 Å². The molecule has 37 heavy (non-hydrogen) atoms. The molecular weight excluding hydrogens is 495 g/mol. The number of hydrogen-bond donors (Lipinski definition) is 1. The summed E-state index contributed by atoms with van der Waals surface area (Å²) < 4.78 is 31.0. The fraction of sp³-hybridized carbons (Fsp3) is 0.286. The van der Waals surface area contributed by atoms with Crippen molar-refractivity contribution in [2.24, 2.45) is 5.92 Å². The van der Waals surface area contributed by atoms with Crippen molar-refractivity contribution < 1.29 is 18.6 Å². The standard InChI is InChI=1S/C28H28ClFN4O3/c1-34-11-9-18(10-12-34)16-36-27-15-25-22(14-26(27)35-2)28(32-17-31-25)33-19-3-5-20(6-4-19)37-21-7-8-24(30)23(29)13-21/h3-8,13-15,17-18H,9-12,16H2,1-2H3,(H,31,32,33). The molecule has 1 fully saturated rings. The molecule has 0 saturated carbocycles. The second kappa shape index (κ2) is 11.2. The monoisotopic (exact) mass is 522 g/mol. The number of nitrogens with one attached hydrogen (secondary N) is 1. The average molecular weight is 523 g/mol. The van der Waals surface area contributed by atoms with Gasteiger partial charge >= 0.3 is 0 Å². The number of piperidine rings is 1. The van der Waals surface area contributed by atoms with Gasteiger partial charge in [0, 0.05) is 23.2 Å². The third kappa shape index (κ3) is 6.03. The van der Waals surface area contributed by atoms with Crippen molar-refractivity contribution in [1.29, 1.82) is 0 Å². The minimum absolute atomic E-state index is 0.0113. The van der Waals surface area contributed by atoms with E-state index in [-0.39, 0.29) is 5.02 Å². The normalized spacial score (nSPS) is 14.5. The van der Waals surface area contributed by atoms with Gasteiger partial charge in [-0.1, -0.05) is 11.6 Å². The van der Waals surface area contributed by atoms with Crippen LogP contribution >= 0.6 is 11.6 Å². The second-order valence-corrected chi connectivity index (χ2v) is 9.53. The van der Waals surface area contributed by atoms with E-state index in [4.69, 9.17) is 25.8 Å². The first-order valence-electron chi connectivity index (χ1n) is 12.1. The highest BCUT2D eigenvalue weighted by Gasteiger charge is 2.19. The molecule has 0 unspecified atom stereocenters. The first kappa shape index (κ1) is 25.0. The van der Waals surface area contributed by atoms with Gasteiger partial charge < -0.3 is 24.4 Å². The SMILES string of the molecule is COc1cc2c(Nc3ccc(Oc4ccc(F)c(Cl)c4)cc3)ncnc2cc1OCC1CCN(C)CC1. The van der Waals surface area contributed by atoms with E-state index in [0.717, 1.165) is 42.5 Å². The van der Waals surface area contributed by atoms with Crippen molar-refractivity contribution in [2.75, 3.05) is 39.2 Å². The summed E-state index contributed by atoms with van der Waals surface area (Å²) in [5, 5.41) is 4.16. The summed E-state index contributed by atoms with van der Waals surface area (Å²) in [6.07, 6.45) is 3.78. The van der Waals surface area contributed by atoms with E-state index >= 15 is 0 Å². The highest BCUT2D eigenvalue weighted by Crippen LogP contribution is 2.36. The van der Waals surface area contributed by atoms with Gasteiger partial charge in [-0.2, -0.15) is 0 Å². The second-order valence-electron chi connectivity index (χ2n) is 9.13. The number of hydrogen-bond acceptors (Lipinski definition) is 7. The maximum atomic E-state index is 13.4. The lowest BCUT2D eigenvalue weighted by atomic mass is 9.98. The van der Waals surface area contributed by atoms with E-state index in [1.165, 1.54) is 24.5 Å². The number of aromatic nitrogens is 2. The number of fused-ring (bicyclic) bond motifs is 1. The first-order chi connectivity index (χ1) is 18.0. The Labute approximate surface area is 220 Å². The molecule has 192 valence electrons. The van der Waals surface area contributed by atoms with Gasteiger partial charge in [0.05, 0.1) is 24.3 Å². The van der Waals surface area contributed by atoms with Crippen LogP contribution in [0.4, 0.5) is 15.9 Å². The summed E-state index contributed by atoms with van der Waals surface area (Å²) in [7, 11) is 3.79. The molecule has 2 heterocycles. The number of rotatable bonds is 8. The number of benzene rings is 3. The van der Waals surface area contributed by atoms with Gasteiger partial charge in [0.15, 0.2) is 11.5 Å². The molecule has 4 aromatic rings. The predicted octanol–water partition coefficient (Wildman–Crippen LogP) is 6.69. The molecule has 3 aromatic carbocycles. The molecule has 0 bridgehead atoms. The Morgan fingerprint density at radius 1 is 1.00 bits per heavy atom. The highest BCUT2D eigenvalue weighted by molar-refractivity contribution is 6.30. The maximum absolute atomic E-state index is 13.4. The molecule has 1 aliphatic rings. The van der Waals surface area contributed by atoms with E-state index in [0.29, 0.717) is 41.3 Å². The van der Waals surface area contributed by atoms with Crippen molar-refractivity contribution in [3.63, 3.8) is 0 Å². The van der Waals surface area contributed by atoms with Gasteiger partial charge in [-0.25, -0.2) is 14.4 Å². The fourth-order valence-corrected chi connectivity index (χ4v) is 4.46. The minimum atomic E-state index is -0.488. The Balaban J connectivity index is 1.30. The van der Waals surface area contributed by atoms with Crippen molar-refractivity contribution in [1.82, 2.24) is 14.9 Å². The molecule has 0 aliphatic carbocycles. The van der Waals surface area contributed by atoms with Crippen LogP contribution in [0.1, 0.15) is 12.8 Å². The molecule has 0 spiro atoms. The smallest absolute Gasteiger partial charge is 0.163 e. The molecule has 1 aliphatic heterocycles. The summed E-state index contributed by atoms with van der Waals surface area (Å²) in [6, 6.07) is 15.4. The van der Waals surface area contributed by atoms with Gasteiger partial charge in [0.1, 0.15) is 29.5 Å². The van der Waals surface area contributed by atoms with Crippen LogP contribution in [0.25, 0.3) is 10.9 Å². The van der Waals surface area contributed by atoms with Gasteiger partial charge in [0.25, 0.3) is 0 Å². The lowest BCUT2D eigenvalue weighted by Crippen LogP contribution is -2.32. The predicted molar refractivity (Wildman–Crippen MR) is 143 cm³/mol. The lowest BCUT2D eigenvalue weighted by Gasteiger charge is -2.28. The van der Waals surface area contributed by atoms with Gasteiger partial charge in [-0.15, -0.1) is 0 Å². The first-order valence-corrected chi connectivity index (χ1v) is 12.5. The van der Waals surface area contributed by atoms with Gasteiger partial charge in [-0.3, -0.25) is 0 Å². The maximum Gasteiger partial charge on any atom is 0.163 e. The Kier molecular flexibility index (Phi) is 7.58. The van der Waals surface area contributed by atoms with Crippen LogP contribution in [0.2, 0.25) is 5.02 Å². The number of ether oxygens (including phenoxy) is 3. The zero-order chi connectivity index (χ0) is 25.8. The summed E-state index contributed by atoms with van der Waals surface area (Å²) in [5.41, 5.74) is 1.57. The molecule has 9 heteroatoms. The van der Waals surface area contributed by atoms with E-state index in [2.05, 4.69) is 27.2 Å². The molecule has 0 amide bonds. The summed E-state index contributed by atoms with van der Waals surface area (Å²) >= 11 is 5.84. The Bertz CT molecular complexity index is 1380. The molecule has 5 rings (SSSR count). The third-order valence-electron chi connectivity index (χ3n) is 6.48. The zero-order valence-corrected chi connectivity index (χ0v) is 21.5. The van der Waals surface area contributed by atoms with E-state index < -0.39 is 5.82 Å². The number of halogens is 2. The fourth-order valence-electron chi connectivity index (χ4n) is 4.29. The number of likely N-dealkylation sites (tertiary alicyclic amines) is 1. The number of nitrogens with zero attached hydrogens (tertiary/aromatic N) is 3. The number of anilines is 2. The molecule has 1 saturated heterocycles. The van der Waals surface area contributed by atoms with Crippen LogP contribution in [0.15, 0.2) is 60.9 Å². The van der Waals surface area contributed by atoms with Gasteiger partial charge in [-0.05, 0) is 81.4 Å². The largest absolute Gasteiger partial charge is 0.493 e. The van der Waals surface area contributed by atoms with Crippen LogP contribution in [0.5, 0.6) is 23.0 Å². The summed E-state index contributed by atoms with van der Waals surface area (Å²) in [4.78, 5) is 11.2. The van der Waals surface area contributed by atoms with E-state index in [1.807, 2.05) is 24.3 Å². The molecular formula is C28H28ClFN4O3. The summed E-state index contributed by atoms with van der Waals surface area (Å²) in [5.74, 6) is 3.05. The Morgan fingerprint density at radius 2 is 1.76 bits per heavy atom. The Morgan fingerprint density at radius 3 is 2.49 bits per heavy atom. The van der Waals surface area contributed by atoms with Crippen LogP contribution in [-0.2, 0) is 0 Å². The van der Waals surface area contributed by atoms with Crippen LogP contribution in [0, 0.1) is 11.7 Å².